The smallest absolute Gasteiger partial charge is 0.330 e. The van der Waals surface area contributed by atoms with Gasteiger partial charge in [-0.15, -0.1) is 11.6 Å². The van der Waals surface area contributed by atoms with E-state index in [9.17, 15) is 14.4 Å². The lowest BCUT2D eigenvalue weighted by Gasteiger charge is -1.96. The first-order valence-corrected chi connectivity index (χ1v) is 4.11. The number of primary amides is 1. The van der Waals surface area contributed by atoms with E-state index in [0.717, 1.165) is 12.2 Å². The standard InChI is InChI=1S/C7H9ClN2O4/c8-3-4-14-6(12)2-1-5(11)10-7(9)13/h1-2H,3-4H2,(H3,9,10,11,13)/b2-1+. The van der Waals surface area contributed by atoms with Crippen molar-refractivity contribution in [2.75, 3.05) is 12.5 Å². The van der Waals surface area contributed by atoms with Crippen LogP contribution in [0.3, 0.4) is 0 Å². The zero-order valence-corrected chi connectivity index (χ0v) is 7.91. The Morgan fingerprint density at radius 2 is 2.00 bits per heavy atom. The molecule has 14 heavy (non-hydrogen) atoms. The van der Waals surface area contributed by atoms with Crippen molar-refractivity contribution in [3.63, 3.8) is 0 Å². The van der Waals surface area contributed by atoms with E-state index < -0.39 is 17.9 Å². The molecular formula is C7H9ClN2O4. The highest BCUT2D eigenvalue weighted by molar-refractivity contribution is 6.18. The highest BCUT2D eigenvalue weighted by Gasteiger charge is 2.00. The number of amides is 3. The molecule has 0 rings (SSSR count). The van der Waals surface area contributed by atoms with E-state index in [1.54, 1.807) is 5.32 Å². The molecule has 0 spiro atoms. The number of esters is 1. The number of halogens is 1. The zero-order valence-electron chi connectivity index (χ0n) is 7.16. The first kappa shape index (κ1) is 12.4. The minimum atomic E-state index is -0.992. The van der Waals surface area contributed by atoms with Crippen LogP contribution >= 0.6 is 11.6 Å². The summed E-state index contributed by atoms with van der Waals surface area (Å²) in [5, 5.41) is 1.73. The molecule has 0 aliphatic heterocycles. The maximum Gasteiger partial charge on any atom is 0.330 e. The van der Waals surface area contributed by atoms with E-state index in [2.05, 4.69) is 10.5 Å². The van der Waals surface area contributed by atoms with Crippen molar-refractivity contribution in [3.8, 4) is 0 Å². The molecule has 0 aliphatic rings. The molecule has 7 heteroatoms. The van der Waals surface area contributed by atoms with Gasteiger partial charge in [0.15, 0.2) is 0 Å². The Morgan fingerprint density at radius 1 is 1.36 bits per heavy atom. The topological polar surface area (TPSA) is 98.5 Å². The number of imide groups is 1. The summed E-state index contributed by atoms with van der Waals surface area (Å²) < 4.78 is 4.49. The van der Waals surface area contributed by atoms with Crippen molar-refractivity contribution in [1.29, 1.82) is 0 Å². The number of ether oxygens (including phenoxy) is 1. The quantitative estimate of drug-likeness (QED) is 0.380. The molecule has 0 saturated heterocycles. The SMILES string of the molecule is NC(=O)NC(=O)/C=C/C(=O)OCCCl. The van der Waals surface area contributed by atoms with Gasteiger partial charge in [-0.1, -0.05) is 0 Å². The molecule has 0 atom stereocenters. The average molecular weight is 221 g/mol. The minimum Gasteiger partial charge on any atom is -0.461 e. The Morgan fingerprint density at radius 3 is 2.50 bits per heavy atom. The predicted octanol–water partition coefficient (Wildman–Crippen LogP) is -0.480. The van der Waals surface area contributed by atoms with E-state index in [1.165, 1.54) is 0 Å². The first-order valence-electron chi connectivity index (χ1n) is 3.57. The second kappa shape index (κ2) is 6.90. The van der Waals surface area contributed by atoms with Crippen LogP contribution in [0.1, 0.15) is 0 Å². The van der Waals surface area contributed by atoms with Crippen molar-refractivity contribution in [3.05, 3.63) is 12.2 Å². The second-order valence-electron chi connectivity index (χ2n) is 2.04. The van der Waals surface area contributed by atoms with Gasteiger partial charge in [0, 0.05) is 12.2 Å². The average Bonchev–Trinajstić information content (AvgIpc) is 2.10. The minimum absolute atomic E-state index is 0.0577. The Labute approximate surface area is 85.0 Å². The third kappa shape index (κ3) is 7.11. The van der Waals surface area contributed by atoms with E-state index in [0.29, 0.717) is 0 Å². The van der Waals surface area contributed by atoms with Gasteiger partial charge in [-0.25, -0.2) is 9.59 Å². The summed E-state index contributed by atoms with van der Waals surface area (Å²) >= 11 is 5.24. The molecule has 0 unspecified atom stereocenters. The molecule has 0 aromatic carbocycles. The molecule has 0 radical (unpaired) electrons. The monoisotopic (exact) mass is 220 g/mol. The largest absolute Gasteiger partial charge is 0.461 e. The Balaban J connectivity index is 3.85. The number of nitrogens with two attached hydrogens (primary N) is 1. The van der Waals surface area contributed by atoms with E-state index >= 15 is 0 Å². The number of nitrogens with one attached hydrogen (secondary N) is 1. The lowest BCUT2D eigenvalue weighted by atomic mass is 10.4. The van der Waals surface area contributed by atoms with Gasteiger partial charge in [0.1, 0.15) is 6.61 Å². The van der Waals surface area contributed by atoms with Crippen LogP contribution in [0.25, 0.3) is 0 Å². The first-order chi connectivity index (χ1) is 6.56. The van der Waals surface area contributed by atoms with Crippen LogP contribution in [0.2, 0.25) is 0 Å². The highest BCUT2D eigenvalue weighted by Crippen LogP contribution is 1.84. The molecule has 0 saturated carbocycles. The molecule has 0 bridgehead atoms. The molecule has 0 fully saturated rings. The van der Waals surface area contributed by atoms with Crippen LogP contribution in [0, 0.1) is 0 Å². The fourth-order valence-corrected chi connectivity index (χ4v) is 0.571. The molecule has 3 amide bonds. The summed E-state index contributed by atoms with van der Waals surface area (Å²) in [5.41, 5.74) is 4.64. The number of carbonyl (C=O) groups excluding carboxylic acids is 3. The summed E-state index contributed by atoms with van der Waals surface area (Å²) in [5.74, 6) is -1.34. The fraction of sp³-hybridized carbons (Fsp3) is 0.286. The molecule has 3 N–H and O–H groups in total. The molecule has 6 nitrogen and oxygen atoms in total. The van der Waals surface area contributed by atoms with Gasteiger partial charge in [-0.05, 0) is 0 Å². The van der Waals surface area contributed by atoms with Crippen molar-refractivity contribution >= 4 is 29.5 Å². The number of hydrogen-bond acceptors (Lipinski definition) is 4. The summed E-state index contributed by atoms with van der Waals surface area (Å²) in [6.07, 6.45) is 1.70. The van der Waals surface area contributed by atoms with Crippen molar-refractivity contribution in [2.45, 2.75) is 0 Å². The van der Waals surface area contributed by atoms with Crippen molar-refractivity contribution < 1.29 is 19.1 Å². The molecule has 0 aromatic rings. The van der Waals surface area contributed by atoms with Crippen LogP contribution < -0.4 is 11.1 Å². The summed E-state index contributed by atoms with van der Waals surface area (Å²) in [4.78, 5) is 31.6. The second-order valence-corrected chi connectivity index (χ2v) is 2.42. The Hall–Kier alpha value is -1.56. The number of hydrogen-bond donors (Lipinski definition) is 2. The van der Waals surface area contributed by atoms with Crippen LogP contribution in [0.5, 0.6) is 0 Å². The summed E-state index contributed by atoms with van der Waals surface area (Å²) in [6.45, 7) is 0.0577. The predicted molar refractivity (Wildman–Crippen MR) is 48.5 cm³/mol. The summed E-state index contributed by atoms with van der Waals surface area (Å²) in [6, 6.07) is -0.992. The number of alkyl halides is 1. The maximum absolute atomic E-state index is 10.7. The van der Waals surface area contributed by atoms with Crippen molar-refractivity contribution in [2.24, 2.45) is 5.73 Å². The third-order valence-corrected chi connectivity index (χ3v) is 1.09. The lowest BCUT2D eigenvalue weighted by Crippen LogP contribution is -2.33. The molecule has 0 aromatic heterocycles. The summed E-state index contributed by atoms with van der Waals surface area (Å²) in [7, 11) is 0. The van der Waals surface area contributed by atoms with Crippen LogP contribution in [-0.2, 0) is 14.3 Å². The molecule has 0 aliphatic carbocycles. The van der Waals surface area contributed by atoms with Gasteiger partial charge in [-0.3, -0.25) is 10.1 Å². The number of urea groups is 1. The van der Waals surface area contributed by atoms with Gasteiger partial charge in [-0.2, -0.15) is 0 Å². The van der Waals surface area contributed by atoms with Crippen LogP contribution in [-0.4, -0.2) is 30.4 Å². The van der Waals surface area contributed by atoms with E-state index in [1.807, 2.05) is 0 Å². The van der Waals surface area contributed by atoms with Crippen molar-refractivity contribution in [1.82, 2.24) is 5.32 Å². The molecule has 78 valence electrons. The van der Waals surface area contributed by atoms with Gasteiger partial charge >= 0.3 is 12.0 Å². The normalized spacial score (nSPS) is 9.79. The Kier molecular flexibility index (Phi) is 6.13. The number of carbonyl (C=O) groups is 3. The highest BCUT2D eigenvalue weighted by atomic mass is 35.5. The van der Waals surface area contributed by atoms with E-state index in [-0.39, 0.29) is 12.5 Å². The molecule has 0 heterocycles. The zero-order chi connectivity index (χ0) is 11.0. The van der Waals surface area contributed by atoms with E-state index in [4.69, 9.17) is 11.6 Å². The van der Waals surface area contributed by atoms with Gasteiger partial charge < -0.3 is 10.5 Å². The van der Waals surface area contributed by atoms with Crippen LogP contribution in [0.15, 0.2) is 12.2 Å². The molecular weight excluding hydrogens is 212 g/mol. The fourth-order valence-electron chi connectivity index (χ4n) is 0.494. The number of rotatable bonds is 4. The lowest BCUT2D eigenvalue weighted by molar-refractivity contribution is -0.137. The maximum atomic E-state index is 10.7. The van der Waals surface area contributed by atoms with Gasteiger partial charge in [0.25, 0.3) is 5.91 Å². The van der Waals surface area contributed by atoms with Gasteiger partial charge in [0.2, 0.25) is 0 Å². The third-order valence-electron chi connectivity index (χ3n) is 0.939. The Bertz CT molecular complexity index is 264. The van der Waals surface area contributed by atoms with Crippen LogP contribution in [0.4, 0.5) is 4.79 Å². The van der Waals surface area contributed by atoms with Gasteiger partial charge in [0.05, 0.1) is 5.88 Å².